The lowest BCUT2D eigenvalue weighted by Crippen LogP contribution is -2.35. The van der Waals surface area contributed by atoms with Crippen molar-refractivity contribution in [2.75, 3.05) is 19.7 Å². The number of nitrogens with zero attached hydrogens (tertiary/aromatic N) is 1. The zero-order valence-corrected chi connectivity index (χ0v) is 17.0. The molecule has 0 aromatic heterocycles. The van der Waals surface area contributed by atoms with Crippen molar-refractivity contribution >= 4 is 27.5 Å². The quantitative estimate of drug-likeness (QED) is 0.743. The maximum Gasteiger partial charge on any atom is 0.258 e. The van der Waals surface area contributed by atoms with Gasteiger partial charge < -0.3 is 10.1 Å². The molecule has 2 aromatic rings. The molecule has 1 N–H and O–H groups in total. The van der Waals surface area contributed by atoms with E-state index < -0.39 is 10.0 Å². The Hall–Kier alpha value is -2.09. The van der Waals surface area contributed by atoms with E-state index in [4.69, 9.17) is 16.3 Å². The predicted octanol–water partition coefficient (Wildman–Crippen LogP) is 3.21. The molecule has 1 saturated heterocycles. The number of piperidine rings is 1. The van der Waals surface area contributed by atoms with Crippen molar-refractivity contribution in [1.82, 2.24) is 9.62 Å². The van der Waals surface area contributed by atoms with E-state index in [1.54, 1.807) is 52.8 Å². The molecule has 0 spiro atoms. The van der Waals surface area contributed by atoms with Crippen LogP contribution in [0.4, 0.5) is 0 Å². The summed E-state index contributed by atoms with van der Waals surface area (Å²) >= 11 is 5.98. The van der Waals surface area contributed by atoms with Crippen molar-refractivity contribution in [3.8, 4) is 5.75 Å². The lowest BCUT2D eigenvalue weighted by atomic mass is 10.2. The number of benzene rings is 2. The van der Waals surface area contributed by atoms with Crippen LogP contribution in [0.3, 0.4) is 0 Å². The van der Waals surface area contributed by atoms with Gasteiger partial charge in [-0.2, -0.15) is 4.31 Å². The minimum Gasteiger partial charge on any atom is -0.482 e. The number of rotatable bonds is 7. The third kappa shape index (κ3) is 5.25. The van der Waals surface area contributed by atoms with Crippen LogP contribution in [0.15, 0.2) is 53.4 Å². The smallest absolute Gasteiger partial charge is 0.258 e. The molecule has 150 valence electrons. The second-order valence-electron chi connectivity index (χ2n) is 6.60. The van der Waals surface area contributed by atoms with E-state index in [1.165, 1.54) is 0 Å². The largest absolute Gasteiger partial charge is 0.482 e. The molecule has 3 rings (SSSR count). The Morgan fingerprint density at radius 3 is 2.39 bits per heavy atom. The van der Waals surface area contributed by atoms with E-state index in [9.17, 15) is 13.2 Å². The number of hydrogen-bond donors (Lipinski definition) is 1. The highest BCUT2D eigenvalue weighted by Crippen LogP contribution is 2.23. The summed E-state index contributed by atoms with van der Waals surface area (Å²) in [6.07, 6.45) is 2.88. The van der Waals surface area contributed by atoms with E-state index in [1.807, 2.05) is 0 Å². The van der Waals surface area contributed by atoms with Crippen LogP contribution in [-0.4, -0.2) is 38.3 Å². The van der Waals surface area contributed by atoms with Crippen LogP contribution in [-0.2, 0) is 21.4 Å². The van der Waals surface area contributed by atoms with Crippen molar-refractivity contribution in [3.05, 3.63) is 59.1 Å². The highest BCUT2D eigenvalue weighted by Gasteiger charge is 2.25. The summed E-state index contributed by atoms with van der Waals surface area (Å²) < 4.78 is 32.2. The SMILES string of the molecule is O=C(COc1ccccc1Cl)NCc1ccc(S(=O)(=O)N2CCCCC2)cc1. The Morgan fingerprint density at radius 2 is 1.71 bits per heavy atom. The van der Waals surface area contributed by atoms with Gasteiger partial charge in [0, 0.05) is 19.6 Å². The van der Waals surface area contributed by atoms with Crippen LogP contribution in [0.25, 0.3) is 0 Å². The average Bonchev–Trinajstić information content (AvgIpc) is 2.72. The molecule has 6 nitrogen and oxygen atoms in total. The zero-order valence-electron chi connectivity index (χ0n) is 15.4. The van der Waals surface area contributed by atoms with Crippen LogP contribution < -0.4 is 10.1 Å². The summed E-state index contributed by atoms with van der Waals surface area (Å²) in [7, 11) is -3.44. The lowest BCUT2D eigenvalue weighted by Gasteiger charge is -2.25. The van der Waals surface area contributed by atoms with E-state index >= 15 is 0 Å². The molecule has 0 unspecified atom stereocenters. The molecule has 0 radical (unpaired) electrons. The lowest BCUT2D eigenvalue weighted by molar-refractivity contribution is -0.123. The molecule has 1 fully saturated rings. The molecule has 28 heavy (non-hydrogen) atoms. The number of halogens is 1. The van der Waals surface area contributed by atoms with Crippen molar-refractivity contribution < 1.29 is 17.9 Å². The summed E-state index contributed by atoms with van der Waals surface area (Å²) in [5.74, 6) is 0.163. The van der Waals surface area contributed by atoms with Crippen LogP contribution in [0, 0.1) is 0 Å². The Morgan fingerprint density at radius 1 is 1.04 bits per heavy atom. The molecule has 2 aromatic carbocycles. The van der Waals surface area contributed by atoms with Gasteiger partial charge in [-0.05, 0) is 42.7 Å². The molecule has 1 aliphatic rings. The molecule has 8 heteroatoms. The van der Waals surface area contributed by atoms with E-state index in [0.717, 1.165) is 24.8 Å². The standard InChI is InChI=1S/C20H23ClN2O4S/c21-18-6-2-3-7-19(18)27-15-20(24)22-14-16-8-10-17(11-9-16)28(25,26)23-12-4-1-5-13-23/h2-3,6-11H,1,4-5,12-15H2,(H,22,24). The Balaban J connectivity index is 1.51. The van der Waals surface area contributed by atoms with E-state index in [2.05, 4.69) is 5.32 Å². The van der Waals surface area contributed by atoms with Crippen molar-refractivity contribution in [2.45, 2.75) is 30.7 Å². The summed E-state index contributed by atoms with van der Waals surface area (Å²) in [4.78, 5) is 12.2. The van der Waals surface area contributed by atoms with Gasteiger partial charge in [0.1, 0.15) is 5.75 Å². The topological polar surface area (TPSA) is 75.7 Å². The first-order valence-corrected chi connectivity index (χ1v) is 11.0. The summed E-state index contributed by atoms with van der Waals surface area (Å²) in [6.45, 7) is 1.29. The van der Waals surface area contributed by atoms with Crippen molar-refractivity contribution in [2.24, 2.45) is 0 Å². The molecular formula is C20H23ClN2O4S. The van der Waals surface area contributed by atoms with Crippen molar-refractivity contribution in [3.63, 3.8) is 0 Å². The van der Waals surface area contributed by atoms with Crippen LogP contribution in [0.5, 0.6) is 5.75 Å². The maximum atomic E-state index is 12.6. The molecule has 1 heterocycles. The first kappa shape index (κ1) is 20.6. The fourth-order valence-electron chi connectivity index (χ4n) is 2.99. The van der Waals surface area contributed by atoms with Gasteiger partial charge in [0.25, 0.3) is 5.91 Å². The number of ether oxygens (including phenoxy) is 1. The van der Waals surface area contributed by atoms with Gasteiger partial charge in [-0.1, -0.05) is 42.3 Å². The third-order valence-electron chi connectivity index (χ3n) is 4.56. The van der Waals surface area contributed by atoms with Crippen LogP contribution in [0.2, 0.25) is 5.02 Å². The average molecular weight is 423 g/mol. The number of amides is 1. The highest BCUT2D eigenvalue weighted by molar-refractivity contribution is 7.89. The van der Waals surface area contributed by atoms with Crippen molar-refractivity contribution in [1.29, 1.82) is 0 Å². The number of carbonyl (C=O) groups excluding carboxylic acids is 1. The van der Waals surface area contributed by atoms with Gasteiger partial charge in [0.05, 0.1) is 9.92 Å². The zero-order chi connectivity index (χ0) is 20.0. The first-order chi connectivity index (χ1) is 13.5. The number of nitrogens with one attached hydrogen (secondary N) is 1. The Kier molecular flexibility index (Phi) is 6.93. The van der Waals surface area contributed by atoms with Gasteiger partial charge in [-0.25, -0.2) is 8.42 Å². The fourth-order valence-corrected chi connectivity index (χ4v) is 4.70. The summed E-state index contributed by atoms with van der Waals surface area (Å²) in [5.41, 5.74) is 0.809. The van der Waals surface area contributed by atoms with Gasteiger partial charge in [0.2, 0.25) is 10.0 Å². The van der Waals surface area contributed by atoms with Crippen LogP contribution in [0.1, 0.15) is 24.8 Å². The number of para-hydroxylation sites is 1. The fraction of sp³-hybridized carbons (Fsp3) is 0.350. The van der Waals surface area contributed by atoms with E-state index in [0.29, 0.717) is 23.9 Å². The summed E-state index contributed by atoms with van der Waals surface area (Å²) in [6, 6.07) is 13.5. The molecule has 1 amide bonds. The monoisotopic (exact) mass is 422 g/mol. The second kappa shape index (κ2) is 9.41. The highest BCUT2D eigenvalue weighted by atomic mass is 35.5. The number of carbonyl (C=O) groups is 1. The Labute approximate surface area is 170 Å². The Bertz CT molecular complexity index is 910. The van der Waals surface area contributed by atoms with Gasteiger partial charge in [-0.15, -0.1) is 0 Å². The first-order valence-electron chi connectivity index (χ1n) is 9.20. The molecule has 0 atom stereocenters. The maximum absolute atomic E-state index is 12.6. The predicted molar refractivity (Wildman–Crippen MR) is 108 cm³/mol. The molecule has 0 saturated carbocycles. The van der Waals surface area contributed by atoms with Gasteiger partial charge >= 0.3 is 0 Å². The number of hydrogen-bond acceptors (Lipinski definition) is 4. The van der Waals surface area contributed by atoms with Crippen LogP contribution >= 0.6 is 11.6 Å². The summed E-state index contributed by atoms with van der Waals surface area (Å²) in [5, 5.41) is 3.19. The number of sulfonamides is 1. The van der Waals surface area contributed by atoms with Gasteiger partial charge in [0.15, 0.2) is 6.61 Å². The minimum absolute atomic E-state index is 0.148. The third-order valence-corrected chi connectivity index (χ3v) is 6.79. The minimum atomic E-state index is -3.44. The molecular weight excluding hydrogens is 400 g/mol. The van der Waals surface area contributed by atoms with Gasteiger partial charge in [-0.3, -0.25) is 4.79 Å². The molecule has 0 aliphatic carbocycles. The normalized spacial score (nSPS) is 15.2. The molecule has 1 aliphatic heterocycles. The second-order valence-corrected chi connectivity index (χ2v) is 8.95. The van der Waals surface area contributed by atoms with E-state index in [-0.39, 0.29) is 24.0 Å². The molecule has 0 bridgehead atoms.